The molecule has 5 heterocycles. The predicted molar refractivity (Wildman–Crippen MR) is 377 cm³/mol. The predicted octanol–water partition coefficient (Wildman–Crippen LogP) is 10.1. The van der Waals surface area contributed by atoms with E-state index < -0.39 is 133 Å². The Bertz CT molecular complexity index is 2320. The third-order valence-corrected chi connectivity index (χ3v) is 22.3. The average molecular weight is 1390 g/mol. The number of allylic oxidation sites excluding steroid dienone is 4. The second-order valence-electron chi connectivity index (χ2n) is 30.3. The highest BCUT2D eigenvalue weighted by atomic mass is 16.6. The summed E-state index contributed by atoms with van der Waals surface area (Å²) in [5.74, 6) is -5.50. The first kappa shape index (κ1) is 85.4. The lowest BCUT2D eigenvalue weighted by atomic mass is 9.78. The van der Waals surface area contributed by atoms with Crippen molar-refractivity contribution in [2.75, 3.05) is 28.4 Å². The average Bonchev–Trinajstić information content (AvgIpc) is 0.853. The van der Waals surface area contributed by atoms with Gasteiger partial charge in [0.2, 0.25) is 0 Å². The highest BCUT2D eigenvalue weighted by molar-refractivity contribution is 5.83. The molecule has 8 N–H and O–H groups in total. The number of carbonyl (C=O) groups is 2. The quantitative estimate of drug-likeness (QED) is 0.0527. The molecular formula is C78H132O20. The van der Waals surface area contributed by atoms with E-state index in [0.29, 0.717) is 62.5 Å². The Morgan fingerprint density at radius 2 is 0.806 bits per heavy atom. The number of ether oxygens (including phenoxy) is 10. The summed E-state index contributed by atoms with van der Waals surface area (Å²) in [6.07, 6.45) is 14.1. The summed E-state index contributed by atoms with van der Waals surface area (Å²) in [4.78, 5) is 27.8. The van der Waals surface area contributed by atoms with Crippen LogP contribution in [0.25, 0.3) is 0 Å². The lowest BCUT2D eigenvalue weighted by Gasteiger charge is -2.38. The summed E-state index contributed by atoms with van der Waals surface area (Å²) in [6, 6.07) is 0. The molecule has 4 bridgehead atoms. The molecule has 5 rings (SSSR count). The van der Waals surface area contributed by atoms with Crippen molar-refractivity contribution in [2.24, 2.45) is 47.3 Å². The molecule has 2 unspecified atom stereocenters. The van der Waals surface area contributed by atoms with E-state index in [4.69, 9.17) is 47.4 Å². The third kappa shape index (κ3) is 28.1. The van der Waals surface area contributed by atoms with Crippen LogP contribution in [0, 0.1) is 47.3 Å². The number of hydrogen-bond donors (Lipinski definition) is 8. The Morgan fingerprint density at radius 1 is 0.449 bits per heavy atom. The molecule has 0 aliphatic carbocycles. The highest BCUT2D eigenvalue weighted by Crippen LogP contribution is 2.37. The molecule has 0 amide bonds. The number of carbonyl (C=O) groups excluding carboxylic acids is 2. The number of fused-ring (bicyclic) bond motifs is 4. The van der Waals surface area contributed by atoms with Gasteiger partial charge in [-0.05, 0) is 129 Å². The second kappa shape index (κ2) is 43.1. The lowest BCUT2D eigenvalue weighted by molar-refractivity contribution is -0.158. The van der Waals surface area contributed by atoms with Gasteiger partial charge in [-0.1, -0.05) is 115 Å². The molecule has 0 saturated carbocycles. The van der Waals surface area contributed by atoms with E-state index in [9.17, 15) is 50.4 Å². The van der Waals surface area contributed by atoms with Crippen LogP contribution >= 0.6 is 0 Å². The number of aliphatic hydroxyl groups is 8. The van der Waals surface area contributed by atoms with Gasteiger partial charge < -0.3 is 88.2 Å². The maximum absolute atomic E-state index is 13.9. The van der Waals surface area contributed by atoms with Gasteiger partial charge >= 0.3 is 11.9 Å². The van der Waals surface area contributed by atoms with E-state index in [-0.39, 0.29) is 99.2 Å². The SMILES string of the molecule is CO[C@H]1C[C@H](CC[C@H](C)[C@H](O)[C@H](C)C2OC(=O)/C=C/C(C)=C/C[C@@H](O)C[C@H]3C=CC[C@H](C[C@@H](OC)[C@H](C)[C@H](O)C[C@H](O)[C@@H](C)C([C@@H](C)[C@@H](O)[C@@H](C)CC[C@H]4C[C@H](OC)C[C@H](C)O4)OC(=O)/C=C/C(C)=C/C[C@@H](O)C[C@H]4C=CC[C@H](C[C@@H](OC)[C@H](C)[C@H](O)C[C@H](O)[C@H]2C)O4)O3)O[C@@H](C)C1. The van der Waals surface area contributed by atoms with Crippen molar-refractivity contribution >= 4 is 11.9 Å². The van der Waals surface area contributed by atoms with Crippen molar-refractivity contribution in [1.82, 2.24) is 0 Å². The first-order valence-electron chi connectivity index (χ1n) is 37.1. The first-order chi connectivity index (χ1) is 46.4. The summed E-state index contributed by atoms with van der Waals surface area (Å²) >= 11 is 0. The number of cyclic esters (lactones) is 2. The molecule has 0 radical (unpaired) electrons. The van der Waals surface area contributed by atoms with E-state index in [2.05, 4.69) is 0 Å². The van der Waals surface area contributed by atoms with Crippen LogP contribution in [0.4, 0.5) is 0 Å². The molecule has 5 aliphatic heterocycles. The number of esters is 2. The molecule has 5 aliphatic rings. The Kier molecular flexibility index (Phi) is 37.6. The summed E-state index contributed by atoms with van der Waals surface area (Å²) < 4.78 is 61.3. The Labute approximate surface area is 587 Å². The fourth-order valence-electron chi connectivity index (χ4n) is 15.3. The minimum Gasteiger partial charge on any atom is -0.458 e. The largest absolute Gasteiger partial charge is 0.458 e. The van der Waals surface area contributed by atoms with Gasteiger partial charge in [0.05, 0.1) is 122 Å². The second-order valence-corrected chi connectivity index (χ2v) is 30.3. The van der Waals surface area contributed by atoms with Gasteiger partial charge in [0, 0.05) is 102 Å². The smallest absolute Gasteiger partial charge is 0.331 e. The maximum Gasteiger partial charge on any atom is 0.331 e. The van der Waals surface area contributed by atoms with Crippen LogP contribution < -0.4 is 0 Å². The Balaban J connectivity index is 1.36. The number of rotatable bonds is 16. The summed E-state index contributed by atoms with van der Waals surface area (Å²) in [6.45, 7) is 22.5. The maximum atomic E-state index is 13.9. The zero-order valence-corrected chi connectivity index (χ0v) is 62.3. The monoisotopic (exact) mass is 1390 g/mol. The van der Waals surface area contributed by atoms with Gasteiger partial charge in [0.1, 0.15) is 12.2 Å². The normalized spacial score (nSPS) is 41.1. The first-order valence-corrected chi connectivity index (χ1v) is 37.1. The van der Waals surface area contributed by atoms with Crippen molar-refractivity contribution < 1.29 is 97.8 Å². The van der Waals surface area contributed by atoms with Crippen LogP contribution in [0.1, 0.15) is 199 Å². The third-order valence-electron chi connectivity index (χ3n) is 22.3. The van der Waals surface area contributed by atoms with E-state index in [1.807, 2.05) is 106 Å². The Morgan fingerprint density at radius 3 is 1.15 bits per heavy atom. The van der Waals surface area contributed by atoms with E-state index >= 15 is 0 Å². The van der Waals surface area contributed by atoms with Crippen LogP contribution in [-0.2, 0) is 57.0 Å². The molecule has 30 atom stereocenters. The lowest BCUT2D eigenvalue weighted by Crippen LogP contribution is -2.45. The van der Waals surface area contributed by atoms with Crippen molar-refractivity contribution in [3.63, 3.8) is 0 Å². The Hall–Kier alpha value is -3.26. The van der Waals surface area contributed by atoms with E-state index in [1.54, 1.807) is 54.4 Å². The van der Waals surface area contributed by atoms with Crippen molar-refractivity contribution in [2.45, 2.75) is 333 Å². The molecule has 20 nitrogen and oxygen atoms in total. The molecule has 2 fully saturated rings. The molecule has 0 spiro atoms. The van der Waals surface area contributed by atoms with Gasteiger partial charge in [0.25, 0.3) is 0 Å². The molecule has 0 aromatic heterocycles. The number of hydrogen-bond acceptors (Lipinski definition) is 20. The molecule has 564 valence electrons. The van der Waals surface area contributed by atoms with Gasteiger partial charge in [0.15, 0.2) is 0 Å². The van der Waals surface area contributed by atoms with Crippen LogP contribution in [-0.4, -0.2) is 216 Å². The van der Waals surface area contributed by atoms with Crippen LogP contribution in [0.5, 0.6) is 0 Å². The van der Waals surface area contributed by atoms with Crippen molar-refractivity contribution in [3.05, 3.63) is 71.9 Å². The topological polar surface area (TPSA) is 288 Å². The van der Waals surface area contributed by atoms with Crippen LogP contribution in [0.15, 0.2) is 71.9 Å². The minimum absolute atomic E-state index is 0.0293. The minimum atomic E-state index is -1.16. The fourth-order valence-corrected chi connectivity index (χ4v) is 15.3. The van der Waals surface area contributed by atoms with Gasteiger partial charge in [-0.2, -0.15) is 0 Å². The molecule has 0 aromatic carbocycles. The van der Waals surface area contributed by atoms with Crippen LogP contribution in [0.2, 0.25) is 0 Å². The summed E-state index contributed by atoms with van der Waals surface area (Å²) in [5.41, 5.74) is 1.39. The summed E-state index contributed by atoms with van der Waals surface area (Å²) in [7, 11) is 6.58. The highest BCUT2D eigenvalue weighted by Gasteiger charge is 2.42. The standard InChI is InChI=1S/C78H132O20/c1-45-23-29-57(79)37-59-19-17-21-61(95-59)41-71(91-15)52(8)68(82)44-70(84)54(10)78(56(12)76(88)48(4)28-32-64-40-66(90-14)36-50(6)94-64)98-74(86)34-26-46(2)24-30-58(80)38-60-20-18-22-62(96-60)42-72(92-16)51(7)67(81)43-69(83)53(9)77(97-73(85)33-25-45)55(11)75(87)47(3)27-31-63-39-65(89-13)35-49(5)93-63/h17-20,23-26,33-34,47-72,75-84,87-88H,21-22,27-32,35-44H2,1-16H3/b33-25+,34-26+,45-23+,46-24+/t47-,48-,49-,50-,51+,52+,53+,54+,55-,56-,57+,58+,59+,60+,61+,62+,63-,64-,65+,66+,67+,68+,69-,70-,71+,72+,75-,76-,77?,78?/m0/s1. The van der Waals surface area contributed by atoms with E-state index in [1.165, 1.54) is 12.2 Å². The molecular weight excluding hydrogens is 1260 g/mol. The molecule has 20 heteroatoms. The van der Waals surface area contributed by atoms with E-state index in [0.717, 1.165) is 25.7 Å². The van der Waals surface area contributed by atoms with Gasteiger partial charge in [-0.15, -0.1) is 0 Å². The molecule has 2 saturated heterocycles. The van der Waals surface area contributed by atoms with Crippen LogP contribution in [0.3, 0.4) is 0 Å². The number of methoxy groups -OCH3 is 4. The van der Waals surface area contributed by atoms with Crippen molar-refractivity contribution in [1.29, 1.82) is 0 Å². The van der Waals surface area contributed by atoms with Crippen molar-refractivity contribution in [3.8, 4) is 0 Å². The summed E-state index contributed by atoms with van der Waals surface area (Å²) in [5, 5.41) is 94.4. The molecule has 0 aromatic rings. The van der Waals surface area contributed by atoms with Gasteiger partial charge in [-0.3, -0.25) is 0 Å². The zero-order valence-electron chi connectivity index (χ0n) is 62.3. The van der Waals surface area contributed by atoms with Gasteiger partial charge in [-0.25, -0.2) is 9.59 Å². The zero-order chi connectivity index (χ0) is 72.5. The fraction of sp³-hybridized carbons (Fsp3) is 0.821. The number of aliphatic hydroxyl groups excluding tert-OH is 8. The molecule has 98 heavy (non-hydrogen) atoms.